The zero-order valence-corrected chi connectivity index (χ0v) is 13.1. The van der Waals surface area contributed by atoms with E-state index in [-0.39, 0.29) is 6.04 Å². The highest BCUT2D eigenvalue weighted by Crippen LogP contribution is 2.36. The van der Waals surface area contributed by atoms with Crippen LogP contribution < -0.4 is 10.5 Å². The van der Waals surface area contributed by atoms with Crippen molar-refractivity contribution in [3.05, 3.63) is 18.2 Å². The third-order valence-electron chi connectivity index (χ3n) is 3.58. The summed E-state index contributed by atoms with van der Waals surface area (Å²) in [4.78, 5) is 0. The highest BCUT2D eigenvalue weighted by Gasteiger charge is 2.23. The Morgan fingerprint density at radius 1 is 1.29 bits per heavy atom. The zero-order chi connectivity index (χ0) is 15.4. The minimum absolute atomic E-state index is 0.226. The molecule has 1 aromatic carbocycles. The van der Waals surface area contributed by atoms with Gasteiger partial charge < -0.3 is 10.5 Å². The first-order valence-corrected chi connectivity index (χ1v) is 7.39. The molecule has 2 aromatic rings. The summed E-state index contributed by atoms with van der Waals surface area (Å²) in [5.41, 5.74) is 7.53. The lowest BCUT2D eigenvalue weighted by atomic mass is 10.0. The smallest absolute Gasteiger partial charge is 0.188 e. The molecule has 1 heterocycles. The Hall–Kier alpha value is -2.11. The van der Waals surface area contributed by atoms with Crippen LogP contribution in [0.1, 0.15) is 40.2 Å². The van der Waals surface area contributed by atoms with Crippen molar-refractivity contribution in [3.63, 3.8) is 0 Å². The maximum Gasteiger partial charge on any atom is 0.188 e. The van der Waals surface area contributed by atoms with Crippen molar-refractivity contribution >= 4 is 5.69 Å². The molecule has 0 fully saturated rings. The van der Waals surface area contributed by atoms with Gasteiger partial charge in [-0.25, -0.2) is 4.68 Å². The monoisotopic (exact) mass is 289 g/mol. The number of nitrogens with zero attached hydrogens (tertiary/aromatic N) is 4. The molecule has 6 heteroatoms. The molecule has 0 bridgehead atoms. The van der Waals surface area contributed by atoms with Gasteiger partial charge in [0.2, 0.25) is 0 Å². The highest BCUT2D eigenvalue weighted by atomic mass is 16.5. The van der Waals surface area contributed by atoms with E-state index in [0.717, 1.165) is 12.0 Å². The molecular formula is C15H23N5O. The fraction of sp³-hybridized carbons (Fsp3) is 0.533. The molecule has 1 aromatic heterocycles. The number of ether oxygens (including phenoxy) is 1. The van der Waals surface area contributed by atoms with Crippen LogP contribution in [0.2, 0.25) is 0 Å². The predicted octanol–water partition coefficient (Wildman–Crippen LogP) is 2.93. The number of aromatic nitrogens is 4. The molecule has 0 saturated carbocycles. The van der Waals surface area contributed by atoms with Crippen molar-refractivity contribution in [2.24, 2.45) is 5.92 Å². The molecule has 0 saturated heterocycles. The Kier molecular flexibility index (Phi) is 4.77. The van der Waals surface area contributed by atoms with Crippen LogP contribution in [0.4, 0.5) is 5.69 Å². The first-order valence-electron chi connectivity index (χ1n) is 7.39. The van der Waals surface area contributed by atoms with Crippen LogP contribution in [0.25, 0.3) is 11.4 Å². The van der Waals surface area contributed by atoms with Gasteiger partial charge >= 0.3 is 0 Å². The van der Waals surface area contributed by atoms with Crippen LogP contribution in [0, 0.1) is 5.92 Å². The standard InChI is InChI=1S/C15H23N5O/c1-5-12(10(3)4)20-15(17-18-19-20)14-11(16)8-7-9-13(14)21-6-2/h7-10,12H,5-6,16H2,1-4H3. The van der Waals surface area contributed by atoms with Gasteiger partial charge in [0.05, 0.1) is 18.2 Å². The second-order valence-electron chi connectivity index (χ2n) is 5.32. The minimum Gasteiger partial charge on any atom is -0.493 e. The number of hydrogen-bond donors (Lipinski definition) is 1. The Morgan fingerprint density at radius 3 is 2.67 bits per heavy atom. The lowest BCUT2D eigenvalue weighted by Gasteiger charge is -2.21. The molecule has 0 aliphatic rings. The quantitative estimate of drug-likeness (QED) is 0.827. The Bertz CT molecular complexity index is 593. The van der Waals surface area contributed by atoms with E-state index < -0.39 is 0 Å². The third-order valence-corrected chi connectivity index (χ3v) is 3.58. The van der Waals surface area contributed by atoms with Crippen LogP contribution in [0.5, 0.6) is 5.75 Å². The van der Waals surface area contributed by atoms with E-state index >= 15 is 0 Å². The number of tetrazole rings is 1. The molecule has 1 atom stereocenters. The summed E-state index contributed by atoms with van der Waals surface area (Å²) < 4.78 is 7.54. The summed E-state index contributed by atoms with van der Waals surface area (Å²) in [6.45, 7) is 8.97. The summed E-state index contributed by atoms with van der Waals surface area (Å²) in [5.74, 6) is 1.81. The number of hydrogen-bond acceptors (Lipinski definition) is 5. The fourth-order valence-corrected chi connectivity index (χ4v) is 2.57. The van der Waals surface area contributed by atoms with E-state index in [1.54, 1.807) is 0 Å². The molecule has 0 radical (unpaired) electrons. The van der Waals surface area contributed by atoms with Gasteiger partial charge in [0.15, 0.2) is 5.82 Å². The van der Waals surface area contributed by atoms with Crippen molar-refractivity contribution in [3.8, 4) is 17.1 Å². The van der Waals surface area contributed by atoms with Crippen LogP contribution in [-0.4, -0.2) is 26.8 Å². The normalized spacial score (nSPS) is 12.6. The van der Waals surface area contributed by atoms with Gasteiger partial charge in [-0.3, -0.25) is 0 Å². The number of benzene rings is 1. The molecule has 114 valence electrons. The molecule has 2 N–H and O–H groups in total. The average Bonchev–Trinajstić information content (AvgIpc) is 2.88. The van der Waals surface area contributed by atoms with Crippen molar-refractivity contribution < 1.29 is 4.74 Å². The van der Waals surface area contributed by atoms with Gasteiger partial charge in [-0.1, -0.05) is 26.8 Å². The number of nitrogens with two attached hydrogens (primary N) is 1. The predicted molar refractivity (Wildman–Crippen MR) is 83.0 cm³/mol. The van der Waals surface area contributed by atoms with Crippen LogP contribution >= 0.6 is 0 Å². The second kappa shape index (κ2) is 6.56. The maximum absolute atomic E-state index is 6.14. The molecule has 0 aliphatic carbocycles. The van der Waals surface area contributed by atoms with E-state index in [1.807, 2.05) is 29.8 Å². The first kappa shape index (κ1) is 15.3. The van der Waals surface area contributed by atoms with E-state index in [1.165, 1.54) is 0 Å². The summed E-state index contributed by atoms with van der Waals surface area (Å²) >= 11 is 0. The zero-order valence-electron chi connectivity index (χ0n) is 13.1. The Balaban J connectivity index is 2.56. The molecular weight excluding hydrogens is 266 g/mol. The average molecular weight is 289 g/mol. The molecule has 1 unspecified atom stereocenters. The maximum atomic E-state index is 6.14. The minimum atomic E-state index is 0.226. The van der Waals surface area contributed by atoms with Crippen molar-refractivity contribution in [1.82, 2.24) is 20.2 Å². The first-order chi connectivity index (χ1) is 10.1. The Labute approximate surface area is 125 Å². The number of anilines is 1. The van der Waals surface area contributed by atoms with Gasteiger partial charge in [-0.15, -0.1) is 5.10 Å². The van der Waals surface area contributed by atoms with E-state index in [2.05, 4.69) is 36.3 Å². The van der Waals surface area contributed by atoms with Crippen molar-refractivity contribution in [2.45, 2.75) is 40.2 Å². The lowest BCUT2D eigenvalue weighted by molar-refractivity contribution is 0.329. The topological polar surface area (TPSA) is 78.8 Å². The number of rotatable bonds is 6. The summed E-state index contributed by atoms with van der Waals surface area (Å²) in [5, 5.41) is 12.2. The SMILES string of the molecule is CCOc1cccc(N)c1-c1nnnn1C(CC)C(C)C. The van der Waals surface area contributed by atoms with Crippen LogP contribution in [0.15, 0.2) is 18.2 Å². The van der Waals surface area contributed by atoms with Crippen LogP contribution in [-0.2, 0) is 0 Å². The van der Waals surface area contributed by atoms with Crippen LogP contribution in [0.3, 0.4) is 0 Å². The molecule has 21 heavy (non-hydrogen) atoms. The number of nitrogen functional groups attached to an aromatic ring is 1. The Morgan fingerprint density at radius 2 is 2.05 bits per heavy atom. The summed E-state index contributed by atoms with van der Waals surface area (Å²) in [6, 6.07) is 5.83. The molecule has 2 rings (SSSR count). The summed E-state index contributed by atoms with van der Waals surface area (Å²) in [6.07, 6.45) is 0.951. The lowest BCUT2D eigenvalue weighted by Crippen LogP contribution is -2.17. The van der Waals surface area contributed by atoms with Crippen molar-refractivity contribution in [1.29, 1.82) is 0 Å². The van der Waals surface area contributed by atoms with E-state index in [9.17, 15) is 0 Å². The molecule has 0 amide bonds. The fourth-order valence-electron chi connectivity index (χ4n) is 2.57. The highest BCUT2D eigenvalue weighted by molar-refractivity contribution is 5.77. The van der Waals surface area contributed by atoms with Gasteiger partial charge in [0.1, 0.15) is 5.75 Å². The van der Waals surface area contributed by atoms with E-state index in [4.69, 9.17) is 10.5 Å². The molecule has 0 aliphatic heterocycles. The molecule has 0 spiro atoms. The van der Waals surface area contributed by atoms with Gasteiger partial charge in [-0.05, 0) is 41.8 Å². The molecule has 6 nitrogen and oxygen atoms in total. The van der Waals surface area contributed by atoms with E-state index in [0.29, 0.717) is 29.8 Å². The van der Waals surface area contributed by atoms with Gasteiger partial charge in [0.25, 0.3) is 0 Å². The van der Waals surface area contributed by atoms with Gasteiger partial charge in [-0.2, -0.15) is 0 Å². The largest absolute Gasteiger partial charge is 0.493 e. The van der Waals surface area contributed by atoms with Gasteiger partial charge in [0, 0.05) is 5.69 Å². The second-order valence-corrected chi connectivity index (χ2v) is 5.32. The third kappa shape index (κ3) is 2.99. The summed E-state index contributed by atoms with van der Waals surface area (Å²) in [7, 11) is 0. The van der Waals surface area contributed by atoms with Crippen molar-refractivity contribution in [2.75, 3.05) is 12.3 Å².